The Hall–Kier alpha value is -6.63. The van der Waals surface area contributed by atoms with E-state index in [1.54, 1.807) is 48.5 Å². The minimum Gasteiger partial charge on any atom is -0.507 e. The van der Waals surface area contributed by atoms with Crippen molar-refractivity contribution in [1.29, 1.82) is 0 Å². The lowest BCUT2D eigenvalue weighted by Gasteiger charge is -2.50. The number of hydrogen-bond acceptors (Lipinski definition) is 10. The largest absolute Gasteiger partial charge is 0.507 e. The Morgan fingerprint density at radius 1 is 0.836 bits per heavy atom. The Balaban J connectivity index is 1.33. The molecule has 2 saturated heterocycles. The number of imide groups is 2. The van der Waals surface area contributed by atoms with E-state index in [1.165, 1.54) is 20.3 Å². The molecule has 4 aromatic carbocycles. The maximum absolute atomic E-state index is 15.4. The molecule has 6 atom stereocenters. The van der Waals surface area contributed by atoms with Gasteiger partial charge in [-0.2, -0.15) is 5.01 Å². The first-order chi connectivity index (χ1) is 26.4. The van der Waals surface area contributed by atoms with Crippen molar-refractivity contribution < 1.29 is 48.8 Å². The van der Waals surface area contributed by atoms with Gasteiger partial charge < -0.3 is 24.8 Å². The lowest BCUT2D eigenvalue weighted by molar-refractivity contribution is -0.138. The summed E-state index contributed by atoms with van der Waals surface area (Å²) in [5, 5.41) is 32.0. The van der Waals surface area contributed by atoms with Crippen LogP contribution < -0.4 is 19.8 Å². The quantitative estimate of drug-likeness (QED) is 0.136. The number of allylic oxidation sites excluding steroid dienone is 2. The number of aromatic hydroxyl groups is 2. The van der Waals surface area contributed by atoms with Crippen molar-refractivity contribution >= 4 is 41.0 Å². The number of carboxylic acids is 1. The van der Waals surface area contributed by atoms with E-state index in [-0.39, 0.29) is 41.3 Å². The molecule has 13 nitrogen and oxygen atoms in total. The van der Waals surface area contributed by atoms with Crippen LogP contribution in [0.3, 0.4) is 0 Å². The summed E-state index contributed by atoms with van der Waals surface area (Å²) in [6.45, 7) is 1.92. The van der Waals surface area contributed by atoms with E-state index in [4.69, 9.17) is 9.47 Å². The maximum atomic E-state index is 15.4. The number of hydrogen-bond donors (Lipinski definition) is 4. The van der Waals surface area contributed by atoms with Gasteiger partial charge in [-0.15, -0.1) is 0 Å². The molecule has 2 heterocycles. The number of aromatic carboxylic acids is 1. The molecule has 1 saturated carbocycles. The molecule has 0 radical (unpaired) electrons. The monoisotopic (exact) mass is 743 g/mol. The van der Waals surface area contributed by atoms with Gasteiger partial charge in [0.05, 0.1) is 48.8 Å². The third kappa shape index (κ3) is 5.17. The van der Waals surface area contributed by atoms with Gasteiger partial charge in [0, 0.05) is 12.0 Å². The average molecular weight is 744 g/mol. The van der Waals surface area contributed by atoms with E-state index in [2.05, 4.69) is 5.43 Å². The van der Waals surface area contributed by atoms with E-state index < -0.39 is 70.4 Å². The number of fused-ring (bicyclic) bond motifs is 4. The molecule has 0 bridgehead atoms. The fraction of sp³-hybridized carbons (Fsp3) is 0.262. The maximum Gasteiger partial charge on any atom is 0.339 e. The van der Waals surface area contributed by atoms with Crippen molar-refractivity contribution in [2.75, 3.05) is 24.5 Å². The Morgan fingerprint density at radius 3 is 2.13 bits per heavy atom. The first-order valence-electron chi connectivity index (χ1n) is 17.8. The number of ether oxygens (including phenoxy) is 2. The van der Waals surface area contributed by atoms with Crippen molar-refractivity contribution in [2.24, 2.45) is 23.7 Å². The van der Waals surface area contributed by atoms with Crippen LogP contribution in [0.4, 0.5) is 11.4 Å². The first kappa shape index (κ1) is 35.4. The molecule has 0 spiro atoms. The molecule has 0 aromatic heterocycles. The molecule has 3 fully saturated rings. The number of carbonyl (C=O) groups excluding carboxylic acids is 4. The van der Waals surface area contributed by atoms with Crippen LogP contribution in [-0.2, 0) is 24.6 Å². The highest BCUT2D eigenvalue weighted by Crippen LogP contribution is 2.65. The number of hydrazine groups is 1. The van der Waals surface area contributed by atoms with Crippen LogP contribution >= 0.6 is 0 Å². The molecule has 2 aliphatic heterocycles. The zero-order valence-electron chi connectivity index (χ0n) is 30.1. The molecular weight excluding hydrogens is 706 g/mol. The van der Waals surface area contributed by atoms with Crippen LogP contribution in [0.2, 0.25) is 0 Å². The fourth-order valence-corrected chi connectivity index (χ4v) is 9.30. The number of rotatable bonds is 8. The molecule has 4 N–H and O–H groups in total. The highest BCUT2D eigenvalue weighted by Gasteiger charge is 2.70. The second-order valence-corrected chi connectivity index (χ2v) is 14.4. The van der Waals surface area contributed by atoms with E-state index >= 15 is 4.79 Å². The van der Waals surface area contributed by atoms with Crippen LogP contribution in [0, 0.1) is 30.6 Å². The number of anilines is 2. The van der Waals surface area contributed by atoms with Gasteiger partial charge in [-0.1, -0.05) is 59.7 Å². The summed E-state index contributed by atoms with van der Waals surface area (Å²) in [6.07, 6.45) is 2.05. The minimum atomic E-state index is -1.57. The van der Waals surface area contributed by atoms with Gasteiger partial charge in [0.15, 0.2) is 11.5 Å². The van der Waals surface area contributed by atoms with Gasteiger partial charge in [-0.25, -0.2) is 9.69 Å². The summed E-state index contributed by atoms with van der Waals surface area (Å²) >= 11 is 0. The third-order valence-electron chi connectivity index (χ3n) is 11.7. The Bertz CT molecular complexity index is 2300. The van der Waals surface area contributed by atoms with Crippen molar-refractivity contribution in [2.45, 2.75) is 31.1 Å². The van der Waals surface area contributed by atoms with E-state index in [1.807, 2.05) is 31.2 Å². The van der Waals surface area contributed by atoms with Crippen LogP contribution in [0.1, 0.15) is 45.8 Å². The van der Waals surface area contributed by atoms with Gasteiger partial charge in [0.1, 0.15) is 11.3 Å². The van der Waals surface area contributed by atoms with Crippen LogP contribution in [-0.4, -0.2) is 64.1 Å². The number of benzene rings is 4. The molecule has 55 heavy (non-hydrogen) atoms. The van der Waals surface area contributed by atoms with Gasteiger partial charge in [0.2, 0.25) is 17.6 Å². The number of carbonyl (C=O) groups is 5. The molecular formula is C42H37N3O10. The van der Waals surface area contributed by atoms with Crippen LogP contribution in [0.5, 0.6) is 23.0 Å². The second kappa shape index (κ2) is 13.0. The topological polar surface area (TPSA) is 183 Å². The molecule has 8 rings (SSSR count). The predicted molar refractivity (Wildman–Crippen MR) is 198 cm³/mol. The lowest BCUT2D eigenvalue weighted by Crippen LogP contribution is -2.53. The molecule has 13 heteroatoms. The van der Waals surface area contributed by atoms with Crippen molar-refractivity contribution in [3.8, 4) is 23.0 Å². The van der Waals surface area contributed by atoms with Crippen LogP contribution in [0.15, 0.2) is 96.6 Å². The number of phenolic OH excluding ortho intramolecular Hbond substituents is 1. The summed E-state index contributed by atoms with van der Waals surface area (Å²) in [7, 11) is 2.77. The number of carboxylic acid groups (broad SMARTS) is 1. The summed E-state index contributed by atoms with van der Waals surface area (Å²) in [6, 6.07) is 23.0. The van der Waals surface area contributed by atoms with Gasteiger partial charge in [0.25, 0.3) is 11.8 Å². The highest BCUT2D eigenvalue weighted by molar-refractivity contribution is 6.23. The summed E-state index contributed by atoms with van der Waals surface area (Å²) in [5.41, 5.74) is 4.35. The molecule has 280 valence electrons. The summed E-state index contributed by atoms with van der Waals surface area (Å²) < 4.78 is 11.1. The van der Waals surface area contributed by atoms with Crippen molar-refractivity contribution in [3.63, 3.8) is 0 Å². The van der Waals surface area contributed by atoms with E-state index in [9.17, 15) is 34.5 Å². The number of amides is 4. The first-order valence-corrected chi connectivity index (χ1v) is 17.8. The Kier molecular flexibility index (Phi) is 8.40. The van der Waals surface area contributed by atoms with Crippen molar-refractivity contribution in [3.05, 3.63) is 119 Å². The van der Waals surface area contributed by atoms with Gasteiger partial charge >= 0.3 is 5.97 Å². The standard InChI is InChI=1S/C42H37N3O10/c1-21-9-11-24(12-10-21)43-45-38(49)30-20-29-26(15-16-28-34(29)39(50)44(37(28)48)25-13-14-27(40(51)52)31(46)19-25)35(22-17-32(54-2)36(47)33(18-22)55-3)42(30,41(45)53)23-7-5-4-6-8-23/h4-15,17-19,28-30,34-35,43,46-47H,16,20H2,1-3H3,(H,51,52)/t28-,29+,30-,34-,35-,42+/m0/s1. The zero-order chi connectivity index (χ0) is 38.9. The predicted octanol–water partition coefficient (Wildman–Crippen LogP) is 5.31. The van der Waals surface area contributed by atoms with Gasteiger partial charge in [-0.3, -0.25) is 24.6 Å². The molecule has 0 unspecified atom stereocenters. The SMILES string of the molecule is COc1cc([C@H]2C3=CC[C@@H]4C(=O)N(c5ccc(C(=O)O)c(O)c5)C(=O)[C@@H]4[C@@H]3C[C@H]3C(=O)N(Nc4ccc(C)cc4)C(=O)[C@@]23c2ccccc2)cc(OC)c1O. The highest BCUT2D eigenvalue weighted by atomic mass is 16.5. The smallest absolute Gasteiger partial charge is 0.339 e. The number of nitrogens with zero attached hydrogens (tertiary/aromatic N) is 2. The molecule has 2 aliphatic carbocycles. The Morgan fingerprint density at radius 2 is 1.51 bits per heavy atom. The summed E-state index contributed by atoms with van der Waals surface area (Å²) in [4.78, 5) is 71.5. The third-order valence-corrected chi connectivity index (χ3v) is 11.7. The normalized spacial score (nSPS) is 25.6. The van der Waals surface area contributed by atoms with Crippen LogP contribution in [0.25, 0.3) is 0 Å². The number of phenols is 2. The zero-order valence-corrected chi connectivity index (χ0v) is 30.1. The van der Waals surface area contributed by atoms with Gasteiger partial charge in [-0.05, 0) is 73.2 Å². The van der Waals surface area contributed by atoms with Crippen molar-refractivity contribution in [1.82, 2.24) is 5.01 Å². The number of nitrogens with one attached hydrogen (secondary N) is 1. The number of methoxy groups -OCH3 is 2. The lowest BCUT2D eigenvalue weighted by atomic mass is 9.49. The molecule has 4 aliphatic rings. The van der Waals surface area contributed by atoms with E-state index in [0.717, 1.165) is 27.6 Å². The average Bonchev–Trinajstić information content (AvgIpc) is 3.56. The fourth-order valence-electron chi connectivity index (χ4n) is 9.30. The summed E-state index contributed by atoms with van der Waals surface area (Å²) in [5.74, 6) is -8.64. The van der Waals surface area contributed by atoms with E-state index in [0.29, 0.717) is 22.4 Å². The Labute approximate surface area is 315 Å². The minimum absolute atomic E-state index is 0.0213. The molecule has 4 aromatic rings. The second-order valence-electron chi connectivity index (χ2n) is 14.4. The molecule has 4 amide bonds. The number of aryl methyl sites for hydroxylation is 1.